The highest BCUT2D eigenvalue weighted by molar-refractivity contribution is 5.89. The van der Waals surface area contributed by atoms with Gasteiger partial charge in [-0.25, -0.2) is 14.4 Å². The Kier molecular flexibility index (Phi) is 6.26. The fraction of sp³-hybridized carbons (Fsp3) is 0.727. The molecule has 110 valence electrons. The van der Waals surface area contributed by atoms with Crippen molar-refractivity contribution in [3.8, 4) is 0 Å². The van der Waals surface area contributed by atoms with E-state index in [0.29, 0.717) is 0 Å². The zero-order chi connectivity index (χ0) is 15.2. The van der Waals surface area contributed by atoms with Crippen LogP contribution >= 0.6 is 0 Å². The number of nitrogens with one attached hydrogen (secondary N) is 1. The molecule has 0 saturated heterocycles. The molecule has 8 heteroatoms. The van der Waals surface area contributed by atoms with Gasteiger partial charge in [0, 0.05) is 0 Å². The Bertz CT molecular complexity index is 347. The van der Waals surface area contributed by atoms with Crippen LogP contribution < -0.4 is 5.32 Å². The molecule has 2 unspecified atom stereocenters. The maximum Gasteiger partial charge on any atom is 0.408 e. The van der Waals surface area contributed by atoms with Gasteiger partial charge in [-0.2, -0.15) is 0 Å². The quantitative estimate of drug-likeness (QED) is 0.530. The average molecular weight is 277 g/mol. The molecule has 0 spiro atoms. The Morgan fingerprint density at radius 3 is 1.89 bits per heavy atom. The number of hydrogen-bond acceptors (Lipinski definition) is 7. The van der Waals surface area contributed by atoms with Crippen molar-refractivity contribution < 1.29 is 33.7 Å². The Morgan fingerprint density at radius 2 is 1.53 bits per heavy atom. The van der Waals surface area contributed by atoms with Gasteiger partial charge in [-0.3, -0.25) is 0 Å². The first-order valence-electron chi connectivity index (χ1n) is 5.45. The lowest BCUT2D eigenvalue weighted by Crippen LogP contribution is -2.53. The summed E-state index contributed by atoms with van der Waals surface area (Å²) in [5.74, 6) is -2.07. The highest BCUT2D eigenvalue weighted by Crippen LogP contribution is 2.08. The number of methoxy groups -OCH3 is 2. The van der Waals surface area contributed by atoms with Gasteiger partial charge in [-0.05, 0) is 20.8 Å². The van der Waals surface area contributed by atoms with Crippen molar-refractivity contribution >= 4 is 18.0 Å². The molecule has 0 saturated carbocycles. The van der Waals surface area contributed by atoms with Crippen molar-refractivity contribution in [2.24, 2.45) is 0 Å². The second-order valence-corrected chi connectivity index (χ2v) is 4.62. The molecule has 0 fully saturated rings. The predicted molar refractivity (Wildman–Crippen MR) is 63.2 cm³/mol. The molecule has 19 heavy (non-hydrogen) atoms. The number of aliphatic hydroxyl groups is 1. The summed E-state index contributed by atoms with van der Waals surface area (Å²) in [5, 5.41) is 11.6. The standard InChI is InChI=1S/C11H19NO7/c1-11(2,3)19-10(16)12-6(8(14)17-4)7(13)9(15)18-5/h6-7,13H,1-5H3,(H,12,16). The molecule has 0 rings (SSSR count). The number of carbonyl (C=O) groups excluding carboxylic acids is 3. The van der Waals surface area contributed by atoms with Crippen molar-refractivity contribution in [3.05, 3.63) is 0 Å². The van der Waals surface area contributed by atoms with E-state index in [2.05, 4.69) is 14.8 Å². The lowest BCUT2D eigenvalue weighted by Gasteiger charge is -2.24. The van der Waals surface area contributed by atoms with E-state index in [1.165, 1.54) is 0 Å². The lowest BCUT2D eigenvalue weighted by atomic mass is 10.1. The topological polar surface area (TPSA) is 111 Å². The minimum Gasteiger partial charge on any atom is -0.467 e. The van der Waals surface area contributed by atoms with E-state index >= 15 is 0 Å². The summed E-state index contributed by atoms with van der Waals surface area (Å²) in [6.07, 6.45) is -2.85. The summed E-state index contributed by atoms with van der Waals surface area (Å²) in [6, 6.07) is -1.60. The highest BCUT2D eigenvalue weighted by Gasteiger charge is 2.36. The largest absolute Gasteiger partial charge is 0.467 e. The first-order chi connectivity index (χ1) is 8.62. The van der Waals surface area contributed by atoms with Gasteiger partial charge in [0.15, 0.2) is 12.1 Å². The number of amides is 1. The second kappa shape index (κ2) is 6.93. The van der Waals surface area contributed by atoms with E-state index < -0.39 is 35.8 Å². The molecule has 0 radical (unpaired) electrons. The summed E-state index contributed by atoms with van der Waals surface area (Å²) in [4.78, 5) is 34.1. The van der Waals surface area contributed by atoms with Crippen LogP contribution in [0.15, 0.2) is 0 Å². The first-order valence-corrected chi connectivity index (χ1v) is 5.45. The summed E-state index contributed by atoms with van der Waals surface area (Å²) in [7, 11) is 2.09. The van der Waals surface area contributed by atoms with E-state index in [1.807, 2.05) is 0 Å². The van der Waals surface area contributed by atoms with Crippen molar-refractivity contribution in [2.75, 3.05) is 14.2 Å². The van der Waals surface area contributed by atoms with Crippen LogP contribution in [0.3, 0.4) is 0 Å². The lowest BCUT2D eigenvalue weighted by molar-refractivity contribution is -0.159. The van der Waals surface area contributed by atoms with E-state index in [4.69, 9.17) is 4.74 Å². The number of esters is 2. The van der Waals surface area contributed by atoms with Gasteiger partial charge in [0.25, 0.3) is 0 Å². The molecule has 0 heterocycles. The molecule has 0 aromatic carbocycles. The minimum absolute atomic E-state index is 0.791. The number of alkyl carbamates (subject to hydrolysis) is 1. The van der Waals surface area contributed by atoms with Crippen LogP contribution in [0, 0.1) is 0 Å². The molecule has 2 atom stereocenters. The molecule has 1 amide bonds. The molecule has 8 nitrogen and oxygen atoms in total. The van der Waals surface area contributed by atoms with E-state index in [-0.39, 0.29) is 0 Å². The fourth-order valence-corrected chi connectivity index (χ4v) is 1.09. The van der Waals surface area contributed by atoms with Crippen molar-refractivity contribution in [2.45, 2.75) is 38.5 Å². The zero-order valence-electron chi connectivity index (χ0n) is 11.6. The number of rotatable bonds is 4. The molecular weight excluding hydrogens is 258 g/mol. The van der Waals surface area contributed by atoms with Crippen LogP contribution in [0.4, 0.5) is 4.79 Å². The van der Waals surface area contributed by atoms with Crippen LogP contribution in [-0.4, -0.2) is 55.1 Å². The van der Waals surface area contributed by atoms with Gasteiger partial charge >= 0.3 is 18.0 Å². The number of hydrogen-bond donors (Lipinski definition) is 2. The molecule has 0 aliphatic rings. The normalized spacial score (nSPS) is 14.0. The van der Waals surface area contributed by atoms with Crippen LogP contribution in [0.2, 0.25) is 0 Å². The predicted octanol–water partition coefficient (Wildman–Crippen LogP) is -0.413. The van der Waals surface area contributed by atoms with Gasteiger partial charge in [-0.1, -0.05) is 0 Å². The minimum atomic E-state index is -1.88. The zero-order valence-corrected chi connectivity index (χ0v) is 11.6. The van der Waals surface area contributed by atoms with Gasteiger partial charge in [-0.15, -0.1) is 0 Å². The van der Waals surface area contributed by atoms with E-state index in [9.17, 15) is 19.5 Å². The monoisotopic (exact) mass is 277 g/mol. The maximum absolute atomic E-state index is 11.5. The number of aliphatic hydroxyl groups excluding tert-OH is 1. The molecule has 0 aliphatic heterocycles. The third kappa shape index (κ3) is 6.05. The van der Waals surface area contributed by atoms with Crippen LogP contribution in [0.5, 0.6) is 0 Å². The van der Waals surface area contributed by atoms with E-state index in [1.54, 1.807) is 20.8 Å². The van der Waals surface area contributed by atoms with Crippen molar-refractivity contribution in [1.29, 1.82) is 0 Å². The molecule has 0 aromatic rings. The molecule has 0 aromatic heterocycles. The molecule has 2 N–H and O–H groups in total. The third-order valence-electron chi connectivity index (χ3n) is 1.89. The molecular formula is C11H19NO7. The van der Waals surface area contributed by atoms with Crippen LogP contribution in [0.25, 0.3) is 0 Å². The summed E-state index contributed by atoms with van der Waals surface area (Å²) in [6.45, 7) is 4.86. The number of ether oxygens (including phenoxy) is 3. The SMILES string of the molecule is COC(=O)C(O)C(NC(=O)OC(C)(C)C)C(=O)OC. The maximum atomic E-state index is 11.5. The van der Waals surface area contributed by atoms with Gasteiger partial charge in [0.2, 0.25) is 0 Å². The summed E-state index contributed by atoms with van der Waals surface area (Å²) >= 11 is 0. The third-order valence-corrected chi connectivity index (χ3v) is 1.89. The first kappa shape index (κ1) is 17.2. The molecule has 0 bridgehead atoms. The van der Waals surface area contributed by atoms with Crippen LogP contribution in [0.1, 0.15) is 20.8 Å². The van der Waals surface area contributed by atoms with Gasteiger partial charge in [0.05, 0.1) is 14.2 Å². The Morgan fingerprint density at radius 1 is 1.05 bits per heavy atom. The number of carbonyl (C=O) groups is 3. The summed E-state index contributed by atoms with van der Waals surface area (Å²) in [5.41, 5.74) is -0.791. The molecule has 0 aliphatic carbocycles. The van der Waals surface area contributed by atoms with Crippen molar-refractivity contribution in [1.82, 2.24) is 5.32 Å². The Labute approximate surface area is 111 Å². The smallest absolute Gasteiger partial charge is 0.408 e. The Balaban J connectivity index is 4.84. The van der Waals surface area contributed by atoms with Crippen LogP contribution in [-0.2, 0) is 23.8 Å². The average Bonchev–Trinajstić information content (AvgIpc) is 2.30. The summed E-state index contributed by atoms with van der Waals surface area (Å²) < 4.78 is 13.6. The Hall–Kier alpha value is -1.83. The van der Waals surface area contributed by atoms with E-state index in [0.717, 1.165) is 14.2 Å². The van der Waals surface area contributed by atoms with Crippen molar-refractivity contribution in [3.63, 3.8) is 0 Å². The van der Waals surface area contributed by atoms with Gasteiger partial charge < -0.3 is 24.6 Å². The highest BCUT2D eigenvalue weighted by atomic mass is 16.6. The fourth-order valence-electron chi connectivity index (χ4n) is 1.09. The van der Waals surface area contributed by atoms with Gasteiger partial charge in [0.1, 0.15) is 5.60 Å². The second-order valence-electron chi connectivity index (χ2n) is 4.62.